The Kier molecular flexibility index (Phi) is 5.98. The van der Waals surface area contributed by atoms with Crippen molar-refractivity contribution >= 4 is 54.4 Å². The molecular weight excluding hydrogens is 356 g/mol. The summed E-state index contributed by atoms with van der Waals surface area (Å²) in [6.45, 7) is -0.609. The molecule has 0 amide bonds. The van der Waals surface area contributed by atoms with Crippen molar-refractivity contribution in [3.63, 3.8) is 0 Å². The summed E-state index contributed by atoms with van der Waals surface area (Å²) < 4.78 is 22.3. The standard InChI is InChI=1S/C10H14N5O7P.Na/c11-8-5-9(13-2-12-8)15(3-14-5)10-6(17)7(4(1-16)21-10)22-23(18,19)20;/h2-4,6-7,10,16-17H,1H2,(H2,11,12,13)(H2,18,19,20);. The SMILES string of the molecule is Nc1ncnc2c1ncn2C1OC(CO)C(OP(=O)(O)O)C1O.[Na]. The molecule has 0 bridgehead atoms. The normalized spacial score (nSPS) is 27.3. The van der Waals surface area contributed by atoms with Crippen LogP contribution in [0.15, 0.2) is 12.7 Å². The molecule has 3 heterocycles. The van der Waals surface area contributed by atoms with Gasteiger partial charge in [-0.05, 0) is 0 Å². The van der Waals surface area contributed by atoms with Crippen LogP contribution in [0.4, 0.5) is 5.82 Å². The number of anilines is 1. The van der Waals surface area contributed by atoms with Crippen LogP contribution in [0.3, 0.4) is 0 Å². The zero-order chi connectivity index (χ0) is 16.8. The number of nitrogens with two attached hydrogens (primary N) is 1. The molecule has 0 aliphatic carbocycles. The number of hydrogen-bond donors (Lipinski definition) is 5. The Morgan fingerprint density at radius 3 is 2.71 bits per heavy atom. The number of imidazole rings is 1. The second-order valence-electron chi connectivity index (χ2n) is 4.88. The summed E-state index contributed by atoms with van der Waals surface area (Å²) in [5.74, 6) is 0.128. The molecule has 3 rings (SSSR count). The van der Waals surface area contributed by atoms with Gasteiger partial charge in [-0.1, -0.05) is 0 Å². The summed E-state index contributed by atoms with van der Waals surface area (Å²) in [5, 5.41) is 19.6. The summed E-state index contributed by atoms with van der Waals surface area (Å²) in [4.78, 5) is 29.6. The predicted molar refractivity (Wildman–Crippen MR) is 79.4 cm³/mol. The van der Waals surface area contributed by atoms with Gasteiger partial charge in [0.15, 0.2) is 17.7 Å². The molecule has 1 radical (unpaired) electrons. The molecule has 0 aromatic carbocycles. The molecule has 12 nitrogen and oxygen atoms in total. The van der Waals surface area contributed by atoms with E-state index in [-0.39, 0.29) is 46.5 Å². The maximum Gasteiger partial charge on any atom is 0.470 e. The minimum absolute atomic E-state index is 0. The molecule has 4 atom stereocenters. The van der Waals surface area contributed by atoms with Crippen molar-refractivity contribution in [1.82, 2.24) is 19.5 Å². The Hall–Kier alpha value is -0.660. The van der Waals surface area contributed by atoms with Crippen LogP contribution < -0.4 is 5.73 Å². The van der Waals surface area contributed by atoms with Gasteiger partial charge in [-0.15, -0.1) is 0 Å². The van der Waals surface area contributed by atoms with E-state index in [2.05, 4.69) is 19.5 Å². The third-order valence-corrected chi connectivity index (χ3v) is 3.93. The zero-order valence-electron chi connectivity index (χ0n) is 12.5. The topological polar surface area (TPSA) is 186 Å². The van der Waals surface area contributed by atoms with Crippen LogP contribution >= 0.6 is 7.82 Å². The number of hydrogen-bond acceptors (Lipinski definition) is 9. The number of aromatic nitrogens is 4. The van der Waals surface area contributed by atoms with Gasteiger partial charge >= 0.3 is 7.82 Å². The smallest absolute Gasteiger partial charge is 0.394 e. The van der Waals surface area contributed by atoms with Crippen LogP contribution in [-0.2, 0) is 13.8 Å². The van der Waals surface area contributed by atoms with E-state index >= 15 is 0 Å². The maximum atomic E-state index is 11.0. The molecule has 1 fully saturated rings. The van der Waals surface area contributed by atoms with Crippen molar-refractivity contribution in [3.05, 3.63) is 12.7 Å². The summed E-state index contributed by atoms with van der Waals surface area (Å²) >= 11 is 0. The quantitative estimate of drug-likeness (QED) is 0.289. The molecule has 2 aromatic rings. The number of nitrogens with zero attached hydrogens (tertiary/aromatic N) is 4. The average Bonchev–Trinajstić information content (AvgIpc) is 3.01. The van der Waals surface area contributed by atoms with Crippen LogP contribution in [-0.4, -0.2) is 94.0 Å². The van der Waals surface area contributed by atoms with Crippen molar-refractivity contribution in [1.29, 1.82) is 0 Å². The monoisotopic (exact) mass is 370 g/mol. The number of ether oxygens (including phenoxy) is 1. The number of nitrogen functional groups attached to an aromatic ring is 1. The van der Waals surface area contributed by atoms with E-state index < -0.39 is 39.0 Å². The van der Waals surface area contributed by atoms with E-state index in [1.54, 1.807) is 0 Å². The van der Waals surface area contributed by atoms with Gasteiger partial charge in [0.1, 0.15) is 30.2 Å². The maximum absolute atomic E-state index is 11.0. The predicted octanol–water partition coefficient (Wildman–Crippen LogP) is -2.24. The van der Waals surface area contributed by atoms with Crippen molar-refractivity contribution in [2.75, 3.05) is 12.3 Å². The Morgan fingerprint density at radius 2 is 2.08 bits per heavy atom. The molecule has 4 unspecified atom stereocenters. The third kappa shape index (κ3) is 3.63. The second kappa shape index (κ2) is 7.30. The minimum atomic E-state index is -4.88. The number of rotatable bonds is 4. The molecule has 2 aromatic heterocycles. The second-order valence-corrected chi connectivity index (χ2v) is 6.07. The minimum Gasteiger partial charge on any atom is -0.394 e. The van der Waals surface area contributed by atoms with Crippen LogP contribution in [0.5, 0.6) is 0 Å². The number of phosphoric ester groups is 1. The van der Waals surface area contributed by atoms with Crippen molar-refractivity contribution in [2.45, 2.75) is 24.5 Å². The van der Waals surface area contributed by atoms with Crippen molar-refractivity contribution in [2.24, 2.45) is 0 Å². The Bertz CT molecular complexity index is 769. The first-order chi connectivity index (χ1) is 10.8. The fourth-order valence-electron chi connectivity index (χ4n) is 2.44. The molecule has 0 saturated carbocycles. The Balaban J connectivity index is 0.00000208. The largest absolute Gasteiger partial charge is 0.470 e. The van der Waals surface area contributed by atoms with Gasteiger partial charge in [0.2, 0.25) is 0 Å². The van der Waals surface area contributed by atoms with E-state index in [1.807, 2.05) is 0 Å². The van der Waals surface area contributed by atoms with Gasteiger partial charge in [0.25, 0.3) is 0 Å². The third-order valence-electron chi connectivity index (χ3n) is 3.41. The Morgan fingerprint density at radius 1 is 1.38 bits per heavy atom. The summed E-state index contributed by atoms with van der Waals surface area (Å²) in [7, 11) is -4.88. The van der Waals surface area contributed by atoms with Gasteiger partial charge in [-0.3, -0.25) is 9.09 Å². The molecular formula is C10H14N5NaO7P. The molecule has 6 N–H and O–H groups in total. The van der Waals surface area contributed by atoms with Crippen molar-refractivity contribution < 1.29 is 33.8 Å². The van der Waals surface area contributed by atoms with Crippen LogP contribution in [0.25, 0.3) is 11.2 Å². The fraction of sp³-hybridized carbons (Fsp3) is 0.500. The van der Waals surface area contributed by atoms with Gasteiger partial charge in [0, 0.05) is 29.6 Å². The van der Waals surface area contributed by atoms with Crippen LogP contribution in [0.2, 0.25) is 0 Å². The number of phosphoric acid groups is 1. The summed E-state index contributed by atoms with van der Waals surface area (Å²) in [5.41, 5.74) is 6.21. The number of aliphatic hydroxyl groups excluding tert-OH is 2. The number of fused-ring (bicyclic) bond motifs is 1. The zero-order valence-corrected chi connectivity index (χ0v) is 15.4. The first-order valence-electron chi connectivity index (χ1n) is 6.43. The van der Waals surface area contributed by atoms with Gasteiger partial charge in [0.05, 0.1) is 12.9 Å². The van der Waals surface area contributed by atoms with E-state index in [1.165, 1.54) is 17.2 Å². The first-order valence-corrected chi connectivity index (χ1v) is 7.96. The summed E-state index contributed by atoms with van der Waals surface area (Å²) in [6, 6.07) is 0. The molecule has 14 heteroatoms. The fourth-order valence-corrected chi connectivity index (χ4v) is 3.02. The van der Waals surface area contributed by atoms with E-state index in [4.69, 9.17) is 20.3 Å². The van der Waals surface area contributed by atoms with Gasteiger partial charge in [-0.2, -0.15) is 0 Å². The first kappa shape index (κ1) is 19.7. The van der Waals surface area contributed by atoms with Crippen LogP contribution in [0, 0.1) is 0 Å². The average molecular weight is 370 g/mol. The Labute approximate surface area is 157 Å². The molecule has 0 spiro atoms. The van der Waals surface area contributed by atoms with Crippen LogP contribution in [0.1, 0.15) is 6.23 Å². The molecule has 1 aliphatic heterocycles. The van der Waals surface area contributed by atoms with Crippen molar-refractivity contribution in [3.8, 4) is 0 Å². The summed E-state index contributed by atoms with van der Waals surface area (Å²) in [6.07, 6.45) is -2.68. The van der Waals surface area contributed by atoms with E-state index in [0.717, 1.165) is 0 Å². The molecule has 1 aliphatic rings. The van der Waals surface area contributed by atoms with E-state index in [0.29, 0.717) is 0 Å². The molecule has 1 saturated heterocycles. The molecule has 24 heavy (non-hydrogen) atoms. The number of aliphatic hydroxyl groups is 2. The van der Waals surface area contributed by atoms with Gasteiger partial charge in [-0.25, -0.2) is 19.5 Å². The molecule has 127 valence electrons. The van der Waals surface area contributed by atoms with Gasteiger partial charge < -0.3 is 30.5 Å². The van der Waals surface area contributed by atoms with E-state index in [9.17, 15) is 14.8 Å².